The molecule has 2 aromatic rings. The number of hydrogen-bond acceptors (Lipinski definition) is 8. The van der Waals surface area contributed by atoms with Crippen molar-refractivity contribution >= 4 is 17.0 Å². The van der Waals surface area contributed by atoms with E-state index in [4.69, 9.17) is 4.74 Å². The Balaban J connectivity index is 2.00. The Morgan fingerprint density at radius 3 is 2.48 bits per heavy atom. The van der Waals surface area contributed by atoms with Crippen molar-refractivity contribution in [2.75, 3.05) is 18.5 Å². The number of aliphatic hydroxyl groups excluding tert-OH is 3. The van der Waals surface area contributed by atoms with Crippen LogP contribution in [0.25, 0.3) is 11.2 Å². The van der Waals surface area contributed by atoms with Crippen molar-refractivity contribution in [3.8, 4) is 0 Å². The van der Waals surface area contributed by atoms with Crippen molar-refractivity contribution in [2.45, 2.75) is 71.0 Å². The standard InChI is InChI=1S/C20H33N5O4/c1-12(2)5-7-20(17(28)16(27)14(9-26)29-20)25-11-24-15-18(21-8-6-13(3)4)22-10-23-19(15)25/h10-14,16-17,26-28H,5-9H2,1-4H3,(H,21,22,23)/t14-,16-,17-,20-/m1/s1. The second-order valence-corrected chi connectivity index (χ2v) is 8.67. The lowest BCUT2D eigenvalue weighted by Gasteiger charge is -2.34. The maximum atomic E-state index is 10.9. The number of nitrogens with zero attached hydrogens (tertiary/aromatic N) is 4. The molecule has 9 nitrogen and oxygen atoms in total. The second kappa shape index (κ2) is 8.91. The van der Waals surface area contributed by atoms with Crippen LogP contribution in [-0.4, -0.2) is 66.3 Å². The molecule has 0 radical (unpaired) electrons. The molecule has 162 valence electrons. The summed E-state index contributed by atoms with van der Waals surface area (Å²) in [6.07, 6.45) is 1.94. The summed E-state index contributed by atoms with van der Waals surface area (Å²) < 4.78 is 7.75. The first-order valence-corrected chi connectivity index (χ1v) is 10.4. The van der Waals surface area contributed by atoms with Crippen molar-refractivity contribution in [1.29, 1.82) is 0 Å². The minimum absolute atomic E-state index is 0.366. The topological polar surface area (TPSA) is 126 Å². The average molecular weight is 408 g/mol. The highest BCUT2D eigenvalue weighted by molar-refractivity contribution is 5.82. The van der Waals surface area contributed by atoms with Crippen molar-refractivity contribution in [3.63, 3.8) is 0 Å². The lowest BCUT2D eigenvalue weighted by Crippen LogP contribution is -2.45. The van der Waals surface area contributed by atoms with E-state index in [1.54, 1.807) is 10.9 Å². The van der Waals surface area contributed by atoms with Crippen LogP contribution in [0.2, 0.25) is 0 Å². The predicted octanol–water partition coefficient (Wildman–Crippen LogP) is 1.49. The van der Waals surface area contributed by atoms with Gasteiger partial charge in [-0.15, -0.1) is 0 Å². The Morgan fingerprint density at radius 1 is 1.14 bits per heavy atom. The number of imidazole rings is 1. The molecule has 3 rings (SSSR count). The lowest BCUT2D eigenvalue weighted by atomic mass is 9.94. The van der Waals surface area contributed by atoms with Crippen molar-refractivity contribution in [1.82, 2.24) is 19.5 Å². The van der Waals surface area contributed by atoms with Gasteiger partial charge in [0.2, 0.25) is 0 Å². The fourth-order valence-corrected chi connectivity index (χ4v) is 3.76. The van der Waals surface area contributed by atoms with Crippen molar-refractivity contribution < 1.29 is 20.1 Å². The number of rotatable bonds is 9. The quantitative estimate of drug-likeness (QED) is 0.493. The minimum atomic E-state index is -1.25. The molecule has 9 heteroatoms. The van der Waals surface area contributed by atoms with E-state index >= 15 is 0 Å². The summed E-state index contributed by atoms with van der Waals surface area (Å²) in [5.74, 6) is 1.56. The molecule has 2 aromatic heterocycles. The van der Waals surface area contributed by atoms with Gasteiger partial charge in [0, 0.05) is 6.54 Å². The van der Waals surface area contributed by atoms with E-state index in [1.165, 1.54) is 6.33 Å². The molecular formula is C20H33N5O4. The second-order valence-electron chi connectivity index (χ2n) is 8.67. The zero-order chi connectivity index (χ0) is 21.2. The van der Waals surface area contributed by atoms with Crippen LogP contribution in [-0.2, 0) is 10.5 Å². The smallest absolute Gasteiger partial charge is 0.176 e. The molecular weight excluding hydrogens is 374 g/mol. The average Bonchev–Trinajstić information content (AvgIpc) is 3.22. The highest BCUT2D eigenvalue weighted by atomic mass is 16.6. The van der Waals surface area contributed by atoms with Gasteiger partial charge in [0.15, 0.2) is 22.7 Å². The monoisotopic (exact) mass is 407 g/mol. The highest BCUT2D eigenvalue weighted by Crippen LogP contribution is 2.41. The lowest BCUT2D eigenvalue weighted by molar-refractivity contribution is -0.152. The first-order valence-electron chi connectivity index (χ1n) is 10.4. The molecule has 0 unspecified atom stereocenters. The predicted molar refractivity (Wildman–Crippen MR) is 109 cm³/mol. The number of ether oxygens (including phenoxy) is 1. The summed E-state index contributed by atoms with van der Waals surface area (Å²) in [7, 11) is 0. The van der Waals surface area contributed by atoms with Gasteiger partial charge in [-0.1, -0.05) is 27.7 Å². The van der Waals surface area contributed by atoms with Crippen LogP contribution in [0.4, 0.5) is 5.82 Å². The van der Waals surface area contributed by atoms with Crippen LogP contribution in [0, 0.1) is 11.8 Å². The number of hydrogen-bond donors (Lipinski definition) is 4. The summed E-state index contributed by atoms with van der Waals surface area (Å²) in [5, 5.41) is 34.3. The molecule has 0 spiro atoms. The minimum Gasteiger partial charge on any atom is -0.394 e. The van der Waals surface area contributed by atoms with Gasteiger partial charge in [-0.05, 0) is 31.1 Å². The van der Waals surface area contributed by atoms with Gasteiger partial charge < -0.3 is 25.4 Å². The Morgan fingerprint density at radius 2 is 1.86 bits per heavy atom. The third-order valence-corrected chi connectivity index (χ3v) is 5.54. The van der Waals surface area contributed by atoms with Crippen LogP contribution in [0.3, 0.4) is 0 Å². The SMILES string of the molecule is CC(C)CCNc1ncnc2c1ncn2[C@]1(CCC(C)C)O[C@H](CO)[C@@H](O)[C@H]1O. The summed E-state index contributed by atoms with van der Waals surface area (Å²) in [5.41, 5.74) is -0.159. The highest BCUT2D eigenvalue weighted by Gasteiger charge is 2.55. The summed E-state index contributed by atoms with van der Waals surface area (Å²) in [6.45, 7) is 8.86. The van der Waals surface area contributed by atoms with E-state index in [0.29, 0.717) is 35.2 Å². The maximum absolute atomic E-state index is 10.9. The number of fused-ring (bicyclic) bond motifs is 1. The third-order valence-electron chi connectivity index (χ3n) is 5.54. The molecule has 0 bridgehead atoms. The van der Waals surface area contributed by atoms with E-state index in [9.17, 15) is 15.3 Å². The molecule has 1 fully saturated rings. The van der Waals surface area contributed by atoms with E-state index in [-0.39, 0.29) is 6.61 Å². The Bertz CT molecular complexity index is 811. The van der Waals surface area contributed by atoms with Gasteiger partial charge >= 0.3 is 0 Å². The summed E-state index contributed by atoms with van der Waals surface area (Å²) in [4.78, 5) is 13.2. The molecule has 0 aromatic carbocycles. The number of nitrogens with one attached hydrogen (secondary N) is 1. The fourth-order valence-electron chi connectivity index (χ4n) is 3.76. The van der Waals surface area contributed by atoms with Gasteiger partial charge in [0.05, 0.1) is 12.9 Å². The molecule has 1 aliphatic rings. The van der Waals surface area contributed by atoms with Crippen LogP contribution >= 0.6 is 0 Å². The molecule has 0 aliphatic carbocycles. The Kier molecular flexibility index (Phi) is 6.72. The van der Waals surface area contributed by atoms with Gasteiger partial charge in [-0.3, -0.25) is 4.57 Å². The molecule has 29 heavy (non-hydrogen) atoms. The number of aliphatic hydroxyl groups is 3. The first kappa shape index (κ1) is 21.9. The van der Waals surface area contributed by atoms with Crippen molar-refractivity contribution in [3.05, 3.63) is 12.7 Å². The van der Waals surface area contributed by atoms with E-state index < -0.39 is 24.0 Å². The normalized spacial score (nSPS) is 27.4. The third kappa shape index (κ3) is 4.23. The molecule has 0 amide bonds. The van der Waals surface area contributed by atoms with E-state index in [2.05, 4.69) is 48.0 Å². The van der Waals surface area contributed by atoms with E-state index in [0.717, 1.165) is 19.4 Å². The van der Waals surface area contributed by atoms with Gasteiger partial charge in [-0.25, -0.2) is 15.0 Å². The van der Waals surface area contributed by atoms with Crippen LogP contribution in [0.1, 0.15) is 47.0 Å². The fraction of sp³-hybridized carbons (Fsp3) is 0.750. The first-order chi connectivity index (χ1) is 13.8. The van der Waals surface area contributed by atoms with Gasteiger partial charge in [-0.2, -0.15) is 0 Å². The van der Waals surface area contributed by atoms with Crippen LogP contribution in [0.5, 0.6) is 0 Å². The largest absolute Gasteiger partial charge is 0.394 e. The van der Waals surface area contributed by atoms with Crippen LogP contribution < -0.4 is 5.32 Å². The summed E-state index contributed by atoms with van der Waals surface area (Å²) >= 11 is 0. The molecule has 3 heterocycles. The molecule has 4 N–H and O–H groups in total. The molecule has 1 saturated heterocycles. The zero-order valence-corrected chi connectivity index (χ0v) is 17.6. The van der Waals surface area contributed by atoms with Gasteiger partial charge in [0.1, 0.15) is 24.6 Å². The van der Waals surface area contributed by atoms with Crippen LogP contribution in [0.15, 0.2) is 12.7 Å². The zero-order valence-electron chi connectivity index (χ0n) is 17.6. The number of anilines is 1. The van der Waals surface area contributed by atoms with Crippen molar-refractivity contribution in [2.24, 2.45) is 11.8 Å². The summed E-state index contributed by atoms with van der Waals surface area (Å²) in [6, 6.07) is 0. The molecule has 0 saturated carbocycles. The van der Waals surface area contributed by atoms with E-state index in [1.807, 2.05) is 0 Å². The Hall–Kier alpha value is -1.81. The van der Waals surface area contributed by atoms with Gasteiger partial charge in [0.25, 0.3) is 0 Å². The maximum Gasteiger partial charge on any atom is 0.176 e. The Labute approximate surface area is 171 Å². The molecule has 4 atom stereocenters. The molecule has 1 aliphatic heterocycles. The number of aromatic nitrogens is 4.